The maximum Gasteiger partial charge on any atom is 0.0770 e. The normalized spacial score (nSPS) is 28.6. The molecule has 0 aromatic carbocycles. The van der Waals surface area contributed by atoms with Gasteiger partial charge in [0, 0.05) is 10.7 Å². The second-order valence-electron chi connectivity index (χ2n) is 3.22. The van der Waals surface area contributed by atoms with Crippen LogP contribution in [0.2, 0.25) is 0 Å². The Bertz CT molecular complexity index is 413. The molecule has 0 saturated carbocycles. The lowest BCUT2D eigenvalue weighted by Crippen LogP contribution is -2.20. The second-order valence-corrected chi connectivity index (χ2v) is 5.34. The molecule has 0 spiro atoms. The van der Waals surface area contributed by atoms with Crippen LogP contribution in [0.15, 0.2) is 51.4 Å². The minimum absolute atomic E-state index is 0.478. The highest BCUT2D eigenvalue weighted by Crippen LogP contribution is 2.37. The first-order chi connectivity index (χ1) is 6.93. The molecule has 0 amide bonds. The Morgan fingerprint density at radius 2 is 2.43 bits per heavy atom. The molecule has 0 radical (unpaired) electrons. The van der Waals surface area contributed by atoms with E-state index in [4.69, 9.17) is 0 Å². The van der Waals surface area contributed by atoms with Gasteiger partial charge in [-0.05, 0) is 23.6 Å². The summed E-state index contributed by atoms with van der Waals surface area (Å²) in [7, 11) is 0. The van der Waals surface area contributed by atoms with Crippen LogP contribution in [0, 0.1) is 0 Å². The lowest BCUT2D eigenvalue weighted by molar-refractivity contribution is 1.27. The molecule has 3 heterocycles. The van der Waals surface area contributed by atoms with Gasteiger partial charge >= 0.3 is 0 Å². The first-order valence-corrected chi connectivity index (χ1v) is 6.49. The number of dihydropyridines is 1. The van der Waals surface area contributed by atoms with E-state index < -0.39 is 0 Å². The SMILES string of the molecule is C1=CSC2=CC3SCC=CC3=NC2=C1. The molecule has 3 aliphatic heterocycles. The summed E-state index contributed by atoms with van der Waals surface area (Å²) in [5, 5.41) is 2.59. The zero-order valence-corrected chi connectivity index (χ0v) is 9.15. The topological polar surface area (TPSA) is 12.4 Å². The van der Waals surface area contributed by atoms with Gasteiger partial charge in [0.25, 0.3) is 0 Å². The number of nitrogens with zero attached hydrogens (tertiary/aromatic N) is 1. The zero-order valence-electron chi connectivity index (χ0n) is 7.51. The predicted molar refractivity (Wildman–Crippen MR) is 65.7 cm³/mol. The fourth-order valence-corrected chi connectivity index (χ4v) is 3.41. The standard InChI is InChI=1S/C11H9NS2/c1-3-8-10(13-5-1)7-11-9(12-8)4-2-6-14-11/h1-5,7,11H,6H2. The summed E-state index contributed by atoms with van der Waals surface area (Å²) in [6.07, 6.45) is 10.8. The van der Waals surface area contributed by atoms with Crippen LogP contribution >= 0.6 is 23.5 Å². The third-order valence-corrected chi connectivity index (χ3v) is 4.30. The van der Waals surface area contributed by atoms with Crippen molar-refractivity contribution >= 4 is 29.2 Å². The number of thioether (sulfide) groups is 2. The Kier molecular flexibility index (Phi) is 2.14. The van der Waals surface area contributed by atoms with E-state index in [0.29, 0.717) is 5.25 Å². The van der Waals surface area contributed by atoms with E-state index in [1.165, 1.54) is 10.6 Å². The Hall–Kier alpha value is -0.670. The number of aliphatic imine (C=N–C) groups is 1. The predicted octanol–water partition coefficient (Wildman–Crippen LogP) is 3.14. The fraction of sp³-hybridized carbons (Fsp3) is 0.182. The number of fused-ring (bicyclic) bond motifs is 2. The monoisotopic (exact) mass is 219 g/mol. The van der Waals surface area contributed by atoms with Gasteiger partial charge in [-0.2, -0.15) is 0 Å². The Labute approximate surface area is 91.8 Å². The summed E-state index contributed by atoms with van der Waals surface area (Å²) in [5.74, 6) is 1.10. The first-order valence-electron chi connectivity index (χ1n) is 4.56. The van der Waals surface area contributed by atoms with Crippen LogP contribution in [0.5, 0.6) is 0 Å². The summed E-state index contributed by atoms with van der Waals surface area (Å²) in [6, 6.07) is 0. The van der Waals surface area contributed by atoms with Gasteiger partial charge in [-0.1, -0.05) is 23.9 Å². The number of hydrogen-bond donors (Lipinski definition) is 0. The highest BCUT2D eigenvalue weighted by molar-refractivity contribution is 8.06. The highest BCUT2D eigenvalue weighted by atomic mass is 32.2. The molecule has 3 aliphatic rings. The largest absolute Gasteiger partial charge is 0.251 e. The van der Waals surface area contributed by atoms with Crippen molar-refractivity contribution in [2.45, 2.75) is 5.25 Å². The fourth-order valence-electron chi connectivity index (χ4n) is 1.62. The van der Waals surface area contributed by atoms with Crippen LogP contribution in [0.25, 0.3) is 0 Å². The molecule has 3 rings (SSSR count). The third-order valence-electron chi connectivity index (χ3n) is 2.28. The quantitative estimate of drug-likeness (QED) is 0.620. The smallest absolute Gasteiger partial charge is 0.0770 e. The molecule has 14 heavy (non-hydrogen) atoms. The van der Waals surface area contributed by atoms with E-state index >= 15 is 0 Å². The summed E-state index contributed by atoms with van der Waals surface area (Å²) in [6.45, 7) is 0. The summed E-state index contributed by atoms with van der Waals surface area (Å²) >= 11 is 3.71. The molecule has 1 unspecified atom stereocenters. The van der Waals surface area contributed by atoms with Crippen molar-refractivity contribution in [1.82, 2.24) is 0 Å². The summed E-state index contributed by atoms with van der Waals surface area (Å²) in [5.41, 5.74) is 2.32. The number of rotatable bonds is 0. The minimum atomic E-state index is 0.478. The molecule has 0 bridgehead atoms. The molecule has 0 aliphatic carbocycles. The summed E-state index contributed by atoms with van der Waals surface area (Å²) in [4.78, 5) is 5.96. The average Bonchev–Trinajstić information content (AvgIpc) is 2.26. The van der Waals surface area contributed by atoms with Crippen LogP contribution in [-0.2, 0) is 0 Å². The molecule has 3 heteroatoms. The first kappa shape index (κ1) is 8.62. The van der Waals surface area contributed by atoms with Crippen LogP contribution in [0.4, 0.5) is 0 Å². The molecule has 0 aromatic heterocycles. The van der Waals surface area contributed by atoms with Gasteiger partial charge in [-0.25, -0.2) is 0 Å². The Morgan fingerprint density at radius 1 is 1.43 bits per heavy atom. The van der Waals surface area contributed by atoms with Crippen molar-refractivity contribution in [2.24, 2.45) is 4.99 Å². The van der Waals surface area contributed by atoms with Crippen molar-refractivity contribution < 1.29 is 0 Å². The lowest BCUT2D eigenvalue weighted by atomic mass is 10.1. The second kappa shape index (κ2) is 3.48. The van der Waals surface area contributed by atoms with Crippen molar-refractivity contribution in [3.63, 3.8) is 0 Å². The van der Waals surface area contributed by atoms with Gasteiger partial charge in [0.05, 0.1) is 16.7 Å². The lowest BCUT2D eigenvalue weighted by Gasteiger charge is -2.23. The number of hydrogen-bond acceptors (Lipinski definition) is 3. The van der Waals surface area contributed by atoms with Crippen LogP contribution < -0.4 is 0 Å². The summed E-state index contributed by atoms with van der Waals surface area (Å²) < 4.78 is 0. The van der Waals surface area contributed by atoms with E-state index in [2.05, 4.69) is 40.8 Å². The van der Waals surface area contributed by atoms with Gasteiger partial charge in [0.2, 0.25) is 0 Å². The van der Waals surface area contributed by atoms with Crippen molar-refractivity contribution in [2.75, 3.05) is 5.75 Å². The molecular formula is C11H9NS2. The molecule has 0 fully saturated rings. The van der Waals surface area contributed by atoms with E-state index in [1.807, 2.05) is 11.8 Å². The van der Waals surface area contributed by atoms with Gasteiger partial charge in [0.1, 0.15) is 0 Å². The van der Waals surface area contributed by atoms with Crippen LogP contribution in [-0.4, -0.2) is 16.7 Å². The van der Waals surface area contributed by atoms with Crippen LogP contribution in [0.3, 0.4) is 0 Å². The van der Waals surface area contributed by atoms with E-state index in [0.717, 1.165) is 11.4 Å². The third kappa shape index (κ3) is 1.41. The van der Waals surface area contributed by atoms with E-state index in [1.54, 1.807) is 11.8 Å². The molecule has 0 N–H and O–H groups in total. The average molecular weight is 219 g/mol. The van der Waals surface area contributed by atoms with Gasteiger partial charge in [0.15, 0.2) is 0 Å². The van der Waals surface area contributed by atoms with E-state index in [-0.39, 0.29) is 0 Å². The van der Waals surface area contributed by atoms with Crippen molar-refractivity contribution in [1.29, 1.82) is 0 Å². The van der Waals surface area contributed by atoms with Gasteiger partial charge < -0.3 is 0 Å². The molecule has 70 valence electrons. The number of allylic oxidation sites excluding steroid dienone is 3. The van der Waals surface area contributed by atoms with E-state index in [9.17, 15) is 0 Å². The van der Waals surface area contributed by atoms with Crippen molar-refractivity contribution in [3.8, 4) is 0 Å². The zero-order chi connectivity index (χ0) is 9.38. The molecule has 1 nitrogen and oxygen atoms in total. The molecule has 1 atom stereocenters. The maximum atomic E-state index is 4.66. The van der Waals surface area contributed by atoms with Crippen LogP contribution in [0.1, 0.15) is 0 Å². The molecule has 0 saturated heterocycles. The molecule has 0 aromatic rings. The minimum Gasteiger partial charge on any atom is -0.251 e. The molecular weight excluding hydrogens is 210 g/mol. The maximum absolute atomic E-state index is 4.66. The Balaban J connectivity index is 2.05. The Morgan fingerprint density at radius 3 is 3.43 bits per heavy atom. The highest BCUT2D eigenvalue weighted by Gasteiger charge is 2.22. The van der Waals surface area contributed by atoms with Gasteiger partial charge in [-0.3, -0.25) is 4.99 Å². The van der Waals surface area contributed by atoms with Gasteiger partial charge in [-0.15, -0.1) is 11.8 Å². The van der Waals surface area contributed by atoms with Crippen molar-refractivity contribution in [3.05, 3.63) is 46.4 Å².